The van der Waals surface area contributed by atoms with Gasteiger partial charge in [-0.25, -0.2) is 0 Å². The second-order valence-electron chi connectivity index (χ2n) is 3.23. The Morgan fingerprint density at radius 3 is 2.79 bits per heavy atom. The molecule has 0 radical (unpaired) electrons. The Kier molecular flexibility index (Phi) is 1.95. The lowest BCUT2D eigenvalue weighted by atomic mass is 10.4. The molecule has 0 atom stereocenters. The molecule has 0 amide bonds. The quantitative estimate of drug-likeness (QED) is 0.724. The van der Waals surface area contributed by atoms with E-state index in [2.05, 4.69) is 15.3 Å². The van der Waals surface area contributed by atoms with Crippen molar-refractivity contribution in [1.29, 1.82) is 0 Å². The molecule has 0 aromatic carbocycles. The van der Waals surface area contributed by atoms with E-state index in [1.54, 1.807) is 11.0 Å². The van der Waals surface area contributed by atoms with Crippen LogP contribution >= 0.6 is 0 Å². The van der Waals surface area contributed by atoms with Crippen LogP contribution in [0.3, 0.4) is 0 Å². The first-order chi connectivity index (χ1) is 6.66. The molecule has 0 bridgehead atoms. The van der Waals surface area contributed by atoms with Crippen molar-refractivity contribution in [2.75, 3.05) is 5.73 Å². The minimum Gasteiger partial charge on any atom is -0.382 e. The second kappa shape index (κ2) is 3.13. The summed E-state index contributed by atoms with van der Waals surface area (Å²) in [6.07, 6.45) is 1.66. The highest BCUT2D eigenvalue weighted by Gasteiger charge is 2.05. The second-order valence-corrected chi connectivity index (χ2v) is 3.23. The van der Waals surface area contributed by atoms with Crippen LogP contribution in [0.5, 0.6) is 0 Å². The van der Waals surface area contributed by atoms with Crippen molar-refractivity contribution in [3.63, 3.8) is 0 Å². The van der Waals surface area contributed by atoms with Crippen molar-refractivity contribution >= 4 is 5.82 Å². The lowest BCUT2D eigenvalue weighted by molar-refractivity contribution is 0.617. The van der Waals surface area contributed by atoms with Crippen molar-refractivity contribution in [3.8, 4) is 0 Å². The van der Waals surface area contributed by atoms with Gasteiger partial charge in [0, 0.05) is 18.8 Å². The van der Waals surface area contributed by atoms with Crippen LogP contribution in [0.2, 0.25) is 0 Å². The third kappa shape index (κ3) is 1.46. The Morgan fingerprint density at radius 1 is 1.50 bits per heavy atom. The Bertz CT molecular complexity index is 440. The molecule has 0 saturated heterocycles. The molecule has 2 aromatic heterocycles. The van der Waals surface area contributed by atoms with E-state index in [1.165, 1.54) is 0 Å². The number of rotatable bonds is 2. The molecule has 14 heavy (non-hydrogen) atoms. The van der Waals surface area contributed by atoms with Gasteiger partial charge < -0.3 is 10.3 Å². The van der Waals surface area contributed by atoms with Gasteiger partial charge in [0.15, 0.2) is 5.82 Å². The number of hydrogen-bond donors (Lipinski definition) is 1. The van der Waals surface area contributed by atoms with Crippen LogP contribution in [0.25, 0.3) is 0 Å². The number of nitrogens with zero attached hydrogens (tertiary/aromatic N) is 5. The topological polar surface area (TPSA) is 74.6 Å². The molecule has 2 heterocycles. The van der Waals surface area contributed by atoms with Crippen molar-refractivity contribution < 1.29 is 0 Å². The van der Waals surface area contributed by atoms with E-state index in [0.717, 1.165) is 11.5 Å². The Morgan fingerprint density at radius 2 is 2.29 bits per heavy atom. The van der Waals surface area contributed by atoms with Crippen molar-refractivity contribution in [1.82, 2.24) is 24.5 Å². The predicted octanol–water partition coefficient (Wildman–Crippen LogP) is -0.0495. The largest absolute Gasteiger partial charge is 0.382 e. The summed E-state index contributed by atoms with van der Waals surface area (Å²) >= 11 is 0. The third-order valence-electron chi connectivity index (χ3n) is 2.10. The van der Waals surface area contributed by atoms with Crippen LogP contribution in [-0.4, -0.2) is 24.5 Å². The standard InChI is InChI=1S/C8H12N6/c1-6-3-7(9)12-14(6)4-8-11-10-5-13(8)2/h3,5H,4H2,1-2H3,(H2,9,12). The SMILES string of the molecule is Cc1cc(N)nn1Cc1nncn1C. The average molecular weight is 192 g/mol. The van der Waals surface area contributed by atoms with Crippen molar-refractivity contribution in [2.45, 2.75) is 13.5 Å². The van der Waals surface area contributed by atoms with Crippen molar-refractivity contribution in [3.05, 3.63) is 23.9 Å². The maximum absolute atomic E-state index is 5.57. The molecule has 0 aliphatic rings. The fourth-order valence-corrected chi connectivity index (χ4v) is 1.28. The van der Waals surface area contributed by atoms with Gasteiger partial charge >= 0.3 is 0 Å². The molecule has 0 aliphatic heterocycles. The van der Waals surface area contributed by atoms with Crippen molar-refractivity contribution in [2.24, 2.45) is 7.05 Å². The monoisotopic (exact) mass is 192 g/mol. The number of aryl methyl sites for hydroxylation is 2. The van der Waals surface area contributed by atoms with Crippen LogP contribution in [0.15, 0.2) is 12.4 Å². The zero-order valence-corrected chi connectivity index (χ0v) is 8.18. The maximum atomic E-state index is 5.57. The van der Waals surface area contributed by atoms with E-state index in [1.807, 2.05) is 24.6 Å². The summed E-state index contributed by atoms with van der Waals surface area (Å²) in [7, 11) is 1.90. The Hall–Kier alpha value is -1.85. The highest BCUT2D eigenvalue weighted by atomic mass is 15.3. The first-order valence-corrected chi connectivity index (χ1v) is 4.29. The fourth-order valence-electron chi connectivity index (χ4n) is 1.28. The van der Waals surface area contributed by atoms with E-state index < -0.39 is 0 Å². The summed E-state index contributed by atoms with van der Waals surface area (Å²) in [5, 5.41) is 11.9. The molecule has 0 aliphatic carbocycles. The van der Waals surface area contributed by atoms with Gasteiger partial charge in [-0.1, -0.05) is 0 Å². The first-order valence-electron chi connectivity index (χ1n) is 4.29. The summed E-state index contributed by atoms with van der Waals surface area (Å²) in [6.45, 7) is 2.55. The van der Waals surface area contributed by atoms with E-state index >= 15 is 0 Å². The number of nitrogens with two attached hydrogens (primary N) is 1. The predicted molar refractivity (Wildman–Crippen MR) is 51.5 cm³/mol. The van der Waals surface area contributed by atoms with Gasteiger partial charge in [0.2, 0.25) is 0 Å². The fraction of sp³-hybridized carbons (Fsp3) is 0.375. The highest BCUT2D eigenvalue weighted by Crippen LogP contribution is 2.06. The van der Waals surface area contributed by atoms with E-state index in [4.69, 9.17) is 5.73 Å². The lowest BCUT2D eigenvalue weighted by Gasteiger charge is -2.02. The number of aromatic nitrogens is 5. The van der Waals surface area contributed by atoms with Crippen LogP contribution in [0, 0.1) is 6.92 Å². The summed E-state index contributed by atoms with van der Waals surface area (Å²) in [6, 6.07) is 1.83. The Labute approximate surface area is 81.4 Å². The molecule has 0 unspecified atom stereocenters. The van der Waals surface area contributed by atoms with E-state index in [9.17, 15) is 0 Å². The van der Waals surface area contributed by atoms with Crippen LogP contribution in [-0.2, 0) is 13.6 Å². The normalized spacial score (nSPS) is 10.7. The number of anilines is 1. The molecular formula is C8H12N6. The average Bonchev–Trinajstić information content (AvgIpc) is 2.62. The van der Waals surface area contributed by atoms with Gasteiger partial charge in [0.25, 0.3) is 0 Å². The highest BCUT2D eigenvalue weighted by molar-refractivity contribution is 5.28. The molecule has 2 N–H and O–H groups in total. The molecule has 6 nitrogen and oxygen atoms in total. The number of hydrogen-bond acceptors (Lipinski definition) is 4. The van der Waals surface area contributed by atoms with Gasteiger partial charge in [-0.2, -0.15) is 5.10 Å². The minimum atomic E-state index is 0.532. The molecule has 74 valence electrons. The molecule has 0 fully saturated rings. The molecule has 0 saturated carbocycles. The zero-order chi connectivity index (χ0) is 10.1. The van der Waals surface area contributed by atoms with Crippen LogP contribution in [0.1, 0.15) is 11.5 Å². The van der Waals surface area contributed by atoms with Gasteiger partial charge in [-0.15, -0.1) is 10.2 Å². The van der Waals surface area contributed by atoms with Crippen LogP contribution in [0.4, 0.5) is 5.82 Å². The number of nitrogen functional groups attached to an aromatic ring is 1. The Balaban J connectivity index is 2.27. The summed E-state index contributed by atoms with van der Waals surface area (Å²) in [5.74, 6) is 1.39. The zero-order valence-electron chi connectivity index (χ0n) is 8.18. The van der Waals surface area contributed by atoms with Gasteiger partial charge in [0.05, 0.1) is 0 Å². The minimum absolute atomic E-state index is 0.532. The molecule has 0 spiro atoms. The first kappa shape index (κ1) is 8.74. The van der Waals surface area contributed by atoms with Gasteiger partial charge in [-0.3, -0.25) is 4.68 Å². The third-order valence-corrected chi connectivity index (χ3v) is 2.10. The maximum Gasteiger partial charge on any atom is 0.154 e. The smallest absolute Gasteiger partial charge is 0.154 e. The summed E-state index contributed by atoms with van der Waals surface area (Å²) in [4.78, 5) is 0. The van der Waals surface area contributed by atoms with Crippen LogP contribution < -0.4 is 5.73 Å². The molecule has 2 aromatic rings. The van der Waals surface area contributed by atoms with Gasteiger partial charge in [0.1, 0.15) is 18.7 Å². The van der Waals surface area contributed by atoms with Gasteiger partial charge in [-0.05, 0) is 6.92 Å². The lowest BCUT2D eigenvalue weighted by Crippen LogP contribution is -2.08. The molecular weight excluding hydrogens is 180 g/mol. The molecule has 2 rings (SSSR count). The molecule has 6 heteroatoms. The van der Waals surface area contributed by atoms with E-state index in [0.29, 0.717) is 12.4 Å². The van der Waals surface area contributed by atoms with E-state index in [-0.39, 0.29) is 0 Å². The summed E-state index contributed by atoms with van der Waals surface area (Å²) < 4.78 is 3.66. The summed E-state index contributed by atoms with van der Waals surface area (Å²) in [5.41, 5.74) is 6.59.